The van der Waals surface area contributed by atoms with Gasteiger partial charge in [-0.2, -0.15) is 5.26 Å². The van der Waals surface area contributed by atoms with E-state index in [1.165, 1.54) is 11.8 Å². The third-order valence-corrected chi connectivity index (χ3v) is 3.11. The molecule has 0 saturated carbocycles. The Hall–Kier alpha value is -1.02. The minimum Gasteiger partial charge on any atom is -0.366 e. The highest BCUT2D eigenvalue weighted by Crippen LogP contribution is 2.20. The van der Waals surface area contributed by atoms with E-state index in [9.17, 15) is 0 Å². The third-order valence-electron chi connectivity index (χ3n) is 1.63. The fourth-order valence-corrected chi connectivity index (χ4v) is 1.98. The van der Waals surface area contributed by atoms with Gasteiger partial charge in [0.2, 0.25) is 0 Å². The van der Waals surface area contributed by atoms with Crippen molar-refractivity contribution in [3.8, 4) is 6.07 Å². The number of nitrogens with one attached hydrogen (secondary N) is 1. The van der Waals surface area contributed by atoms with Gasteiger partial charge in [-0.25, -0.2) is 0 Å². The molecule has 0 heterocycles. The van der Waals surface area contributed by atoms with Crippen molar-refractivity contribution < 1.29 is 0 Å². The van der Waals surface area contributed by atoms with Crippen molar-refractivity contribution in [2.75, 3.05) is 6.54 Å². The molecule has 1 aromatic carbocycles. The zero-order chi connectivity index (χ0) is 12.0. The number of hydrogen-bond acceptors (Lipinski definition) is 3. The summed E-state index contributed by atoms with van der Waals surface area (Å²) in [6.45, 7) is 3.94. The molecule has 0 aliphatic carbocycles. The Morgan fingerprint density at radius 1 is 1.50 bits per heavy atom. The van der Waals surface area contributed by atoms with E-state index in [2.05, 4.69) is 11.9 Å². The summed E-state index contributed by atoms with van der Waals surface area (Å²) >= 11 is 12.3. The van der Waals surface area contributed by atoms with Crippen LogP contribution >= 0.6 is 35.6 Å². The molecule has 1 rings (SSSR count). The molecule has 0 aliphatic rings. The number of thioether (sulfide) groups is 1. The van der Waals surface area contributed by atoms with Crippen molar-refractivity contribution >= 4 is 39.9 Å². The van der Waals surface area contributed by atoms with E-state index in [4.69, 9.17) is 29.1 Å². The Bertz CT molecular complexity index is 434. The Kier molecular flexibility index (Phi) is 5.33. The smallest absolute Gasteiger partial charge is 0.138 e. The fraction of sp³-hybridized carbons (Fsp3) is 0.0909. The highest BCUT2D eigenvalue weighted by atomic mass is 35.5. The topological polar surface area (TPSA) is 35.8 Å². The van der Waals surface area contributed by atoms with Gasteiger partial charge in [0.15, 0.2) is 0 Å². The Balaban J connectivity index is 2.43. The quantitative estimate of drug-likeness (QED) is 0.518. The number of nitrogens with zero attached hydrogens (tertiary/aromatic N) is 1. The lowest BCUT2D eigenvalue weighted by Crippen LogP contribution is -2.20. The van der Waals surface area contributed by atoms with Crippen LogP contribution in [-0.2, 0) is 0 Å². The molecule has 1 aromatic rings. The van der Waals surface area contributed by atoms with Crippen LogP contribution in [0.1, 0.15) is 0 Å². The molecular formula is C11H9ClN2S2. The van der Waals surface area contributed by atoms with Gasteiger partial charge < -0.3 is 5.32 Å². The normalized spacial score (nSPS) is 9.25. The van der Waals surface area contributed by atoms with Crippen LogP contribution in [0.15, 0.2) is 41.3 Å². The molecule has 0 aliphatic heterocycles. The fourth-order valence-electron chi connectivity index (χ4n) is 0.864. The number of benzene rings is 1. The predicted molar refractivity (Wildman–Crippen MR) is 72.7 cm³/mol. The van der Waals surface area contributed by atoms with Gasteiger partial charge in [-0.05, 0) is 24.3 Å². The molecule has 0 saturated heterocycles. The van der Waals surface area contributed by atoms with Gasteiger partial charge in [-0.1, -0.05) is 42.2 Å². The summed E-state index contributed by atoms with van der Waals surface area (Å²) in [6.07, 6.45) is 0. The van der Waals surface area contributed by atoms with E-state index >= 15 is 0 Å². The van der Waals surface area contributed by atoms with Crippen molar-refractivity contribution in [3.63, 3.8) is 0 Å². The first-order valence-corrected chi connectivity index (χ1v) is 6.01. The second kappa shape index (κ2) is 6.54. The van der Waals surface area contributed by atoms with E-state index < -0.39 is 0 Å². The molecule has 0 fully saturated rings. The predicted octanol–water partition coefficient (Wildman–Crippen LogP) is 3.39. The molecule has 5 heteroatoms. The molecule has 0 spiro atoms. The molecular weight excluding hydrogens is 260 g/mol. The van der Waals surface area contributed by atoms with Gasteiger partial charge in [0.1, 0.15) is 4.32 Å². The zero-order valence-corrected chi connectivity index (χ0v) is 10.8. The summed E-state index contributed by atoms with van der Waals surface area (Å²) < 4.78 is 0.610. The van der Waals surface area contributed by atoms with Crippen LogP contribution in [0.2, 0.25) is 5.02 Å². The molecule has 1 N–H and O–H groups in total. The van der Waals surface area contributed by atoms with E-state index in [1.54, 1.807) is 12.1 Å². The molecule has 2 nitrogen and oxygen atoms in total. The summed E-state index contributed by atoms with van der Waals surface area (Å²) in [5.74, 6) is 0. The van der Waals surface area contributed by atoms with Crippen LogP contribution in [-0.4, -0.2) is 10.9 Å². The summed E-state index contributed by atoms with van der Waals surface area (Å²) in [5.41, 5.74) is 0.457. The highest BCUT2D eigenvalue weighted by molar-refractivity contribution is 8.23. The van der Waals surface area contributed by atoms with E-state index in [0.29, 0.717) is 21.5 Å². The number of nitriles is 1. The number of thiocarbonyl (C=S) groups is 1. The van der Waals surface area contributed by atoms with Gasteiger partial charge >= 0.3 is 0 Å². The SMILES string of the molecule is C=C(C#N)CNC(=S)Sc1ccc(Cl)cc1. The van der Waals surface area contributed by atoms with E-state index in [0.717, 1.165) is 4.90 Å². The minimum absolute atomic E-state index is 0.385. The maximum absolute atomic E-state index is 8.51. The highest BCUT2D eigenvalue weighted by Gasteiger charge is 2.00. The molecule has 82 valence electrons. The van der Waals surface area contributed by atoms with Crippen molar-refractivity contribution in [2.24, 2.45) is 0 Å². The molecule has 0 radical (unpaired) electrons. The van der Waals surface area contributed by atoms with Gasteiger partial charge in [-0.3, -0.25) is 0 Å². The second-order valence-electron chi connectivity index (χ2n) is 2.91. The maximum atomic E-state index is 8.51. The first-order valence-electron chi connectivity index (χ1n) is 4.41. The van der Waals surface area contributed by atoms with E-state index in [-0.39, 0.29) is 0 Å². The third kappa shape index (κ3) is 4.67. The van der Waals surface area contributed by atoms with Crippen molar-refractivity contribution in [1.82, 2.24) is 5.32 Å². The van der Waals surface area contributed by atoms with Crippen LogP contribution in [0.5, 0.6) is 0 Å². The minimum atomic E-state index is 0.385. The van der Waals surface area contributed by atoms with Crippen LogP contribution in [0.25, 0.3) is 0 Å². The Labute approximate surface area is 109 Å². The first kappa shape index (κ1) is 13.0. The zero-order valence-electron chi connectivity index (χ0n) is 8.37. The van der Waals surface area contributed by atoms with Gasteiger partial charge in [0, 0.05) is 15.5 Å². The lowest BCUT2D eigenvalue weighted by molar-refractivity contribution is 1.05. The summed E-state index contributed by atoms with van der Waals surface area (Å²) in [4.78, 5) is 1.00. The van der Waals surface area contributed by atoms with Gasteiger partial charge in [0.05, 0.1) is 12.6 Å². The van der Waals surface area contributed by atoms with Crippen LogP contribution in [0, 0.1) is 11.3 Å². The van der Waals surface area contributed by atoms with Crippen LogP contribution in [0.3, 0.4) is 0 Å². The summed E-state index contributed by atoms with van der Waals surface area (Å²) in [7, 11) is 0. The Morgan fingerprint density at radius 3 is 2.69 bits per heavy atom. The summed E-state index contributed by atoms with van der Waals surface area (Å²) in [5, 5.41) is 12.1. The average Bonchev–Trinajstić information content (AvgIpc) is 2.29. The van der Waals surface area contributed by atoms with Crippen molar-refractivity contribution in [2.45, 2.75) is 4.90 Å². The van der Waals surface area contributed by atoms with Crippen LogP contribution in [0.4, 0.5) is 0 Å². The lowest BCUT2D eigenvalue weighted by Gasteiger charge is -2.05. The monoisotopic (exact) mass is 268 g/mol. The van der Waals surface area contributed by atoms with Crippen molar-refractivity contribution in [3.05, 3.63) is 41.4 Å². The molecule has 0 amide bonds. The van der Waals surface area contributed by atoms with Crippen LogP contribution < -0.4 is 5.32 Å². The number of halogens is 1. The standard InChI is InChI=1S/C11H9ClN2S2/c1-8(6-13)7-14-11(15)16-10-4-2-9(12)3-5-10/h2-5H,1,7H2,(H,14,15). The van der Waals surface area contributed by atoms with E-state index in [1.807, 2.05) is 18.2 Å². The molecule has 0 atom stereocenters. The number of rotatable bonds is 3. The molecule has 0 unspecified atom stereocenters. The summed E-state index contributed by atoms with van der Waals surface area (Å²) in [6, 6.07) is 9.34. The largest absolute Gasteiger partial charge is 0.366 e. The second-order valence-corrected chi connectivity index (χ2v) is 5.10. The number of hydrogen-bond donors (Lipinski definition) is 1. The van der Waals surface area contributed by atoms with Gasteiger partial charge in [0.25, 0.3) is 0 Å². The van der Waals surface area contributed by atoms with Gasteiger partial charge in [-0.15, -0.1) is 0 Å². The van der Waals surface area contributed by atoms with Crippen molar-refractivity contribution in [1.29, 1.82) is 5.26 Å². The molecule has 16 heavy (non-hydrogen) atoms. The first-order chi connectivity index (χ1) is 7.61. The average molecular weight is 269 g/mol. The lowest BCUT2D eigenvalue weighted by atomic mass is 10.3. The Morgan fingerprint density at radius 2 is 2.12 bits per heavy atom. The maximum Gasteiger partial charge on any atom is 0.138 e. The molecule has 0 aromatic heterocycles. The molecule has 0 bridgehead atoms.